The third-order valence-electron chi connectivity index (χ3n) is 2.47. The van der Waals surface area contributed by atoms with E-state index in [-0.39, 0.29) is 5.91 Å². The number of nitrogens with one attached hydrogen (secondary N) is 1. The van der Waals surface area contributed by atoms with Crippen LogP contribution in [0.3, 0.4) is 0 Å². The molecule has 0 aliphatic carbocycles. The molecule has 0 saturated carbocycles. The fourth-order valence-electron chi connectivity index (χ4n) is 1.50. The van der Waals surface area contributed by atoms with Gasteiger partial charge in [-0.25, -0.2) is 0 Å². The van der Waals surface area contributed by atoms with Crippen LogP contribution in [0, 0.1) is 0 Å². The molecule has 0 aliphatic rings. The molecule has 0 aromatic heterocycles. The average molecular weight is 251 g/mol. The van der Waals surface area contributed by atoms with Gasteiger partial charge in [-0.15, -0.1) is 11.8 Å². The molecular formula is C14H21NOS. The van der Waals surface area contributed by atoms with Crippen molar-refractivity contribution in [3.63, 3.8) is 0 Å². The van der Waals surface area contributed by atoms with E-state index in [0.717, 1.165) is 17.9 Å². The van der Waals surface area contributed by atoms with Crippen molar-refractivity contribution in [2.45, 2.75) is 37.5 Å². The quantitative estimate of drug-likeness (QED) is 0.566. The summed E-state index contributed by atoms with van der Waals surface area (Å²) in [6, 6.07) is 10.0. The fraction of sp³-hybridized carbons (Fsp3) is 0.500. The smallest absolute Gasteiger partial charge is 0.230 e. The Bertz CT molecular complexity index is 313. The average Bonchev–Trinajstić information content (AvgIpc) is 2.37. The lowest BCUT2D eigenvalue weighted by Crippen LogP contribution is -2.26. The lowest BCUT2D eigenvalue weighted by Gasteiger charge is -2.04. The van der Waals surface area contributed by atoms with E-state index in [1.54, 1.807) is 11.8 Å². The molecule has 1 rings (SSSR count). The largest absolute Gasteiger partial charge is 0.355 e. The van der Waals surface area contributed by atoms with Crippen molar-refractivity contribution < 1.29 is 4.79 Å². The molecule has 1 N–H and O–H groups in total. The minimum Gasteiger partial charge on any atom is -0.355 e. The van der Waals surface area contributed by atoms with Gasteiger partial charge in [0.05, 0.1) is 5.75 Å². The number of carbonyl (C=O) groups excluding carboxylic acids is 1. The second-order valence-electron chi connectivity index (χ2n) is 4.01. The van der Waals surface area contributed by atoms with E-state index in [1.807, 2.05) is 30.3 Å². The maximum absolute atomic E-state index is 11.5. The van der Waals surface area contributed by atoms with E-state index in [9.17, 15) is 4.79 Å². The highest BCUT2D eigenvalue weighted by molar-refractivity contribution is 8.00. The predicted molar refractivity (Wildman–Crippen MR) is 74.3 cm³/mol. The van der Waals surface area contributed by atoms with Gasteiger partial charge in [0.1, 0.15) is 0 Å². The van der Waals surface area contributed by atoms with Gasteiger partial charge in [0.15, 0.2) is 0 Å². The molecule has 94 valence electrons. The highest BCUT2D eigenvalue weighted by Gasteiger charge is 2.01. The van der Waals surface area contributed by atoms with Gasteiger partial charge < -0.3 is 5.32 Å². The van der Waals surface area contributed by atoms with Crippen molar-refractivity contribution in [1.82, 2.24) is 5.32 Å². The second-order valence-corrected chi connectivity index (χ2v) is 5.06. The zero-order valence-corrected chi connectivity index (χ0v) is 11.3. The van der Waals surface area contributed by atoms with E-state index < -0.39 is 0 Å². The van der Waals surface area contributed by atoms with E-state index in [0.29, 0.717) is 5.75 Å². The molecule has 0 radical (unpaired) electrons. The van der Waals surface area contributed by atoms with Crippen LogP contribution in [-0.4, -0.2) is 18.2 Å². The summed E-state index contributed by atoms with van der Waals surface area (Å²) in [6.07, 6.45) is 4.80. The Hall–Kier alpha value is -0.960. The van der Waals surface area contributed by atoms with Crippen LogP contribution >= 0.6 is 11.8 Å². The molecule has 1 aromatic rings. The predicted octanol–water partition coefficient (Wildman–Crippen LogP) is 3.48. The summed E-state index contributed by atoms with van der Waals surface area (Å²) in [6.45, 7) is 3.00. The van der Waals surface area contributed by atoms with Crippen LogP contribution in [-0.2, 0) is 4.79 Å². The molecule has 2 nitrogen and oxygen atoms in total. The number of rotatable bonds is 8. The van der Waals surface area contributed by atoms with Gasteiger partial charge >= 0.3 is 0 Å². The van der Waals surface area contributed by atoms with Crippen molar-refractivity contribution >= 4 is 17.7 Å². The van der Waals surface area contributed by atoms with Crippen LogP contribution in [0.25, 0.3) is 0 Å². The standard InChI is InChI=1S/C14H21NOS/c1-2-3-4-8-11-15-14(16)12-17-13-9-6-5-7-10-13/h5-7,9-10H,2-4,8,11-12H2,1H3,(H,15,16). The monoisotopic (exact) mass is 251 g/mol. The summed E-state index contributed by atoms with van der Waals surface area (Å²) in [5.74, 6) is 0.646. The summed E-state index contributed by atoms with van der Waals surface area (Å²) >= 11 is 1.58. The van der Waals surface area contributed by atoms with Gasteiger partial charge in [0.2, 0.25) is 5.91 Å². The summed E-state index contributed by atoms with van der Waals surface area (Å²) in [5.41, 5.74) is 0. The highest BCUT2D eigenvalue weighted by atomic mass is 32.2. The van der Waals surface area contributed by atoms with Crippen LogP contribution in [0.5, 0.6) is 0 Å². The van der Waals surface area contributed by atoms with Crippen molar-refractivity contribution in [2.24, 2.45) is 0 Å². The Labute approximate surface area is 108 Å². The van der Waals surface area contributed by atoms with Crippen LogP contribution < -0.4 is 5.32 Å². The molecular weight excluding hydrogens is 230 g/mol. The second kappa shape index (κ2) is 9.11. The van der Waals surface area contributed by atoms with E-state index in [1.165, 1.54) is 19.3 Å². The summed E-state index contributed by atoms with van der Waals surface area (Å²) in [5, 5.41) is 2.95. The van der Waals surface area contributed by atoms with Crippen molar-refractivity contribution in [2.75, 3.05) is 12.3 Å². The molecule has 0 aliphatic heterocycles. The summed E-state index contributed by atoms with van der Waals surface area (Å²) in [7, 11) is 0. The third kappa shape index (κ3) is 7.05. The van der Waals surface area contributed by atoms with Gasteiger partial charge in [0.25, 0.3) is 0 Å². The molecule has 0 fully saturated rings. The molecule has 0 atom stereocenters. The van der Waals surface area contributed by atoms with Crippen LogP contribution in [0.4, 0.5) is 0 Å². The first kappa shape index (κ1) is 14.1. The molecule has 0 heterocycles. The lowest BCUT2D eigenvalue weighted by molar-refractivity contribution is -0.118. The minimum absolute atomic E-state index is 0.135. The number of thioether (sulfide) groups is 1. The van der Waals surface area contributed by atoms with Gasteiger partial charge in [-0.2, -0.15) is 0 Å². The van der Waals surface area contributed by atoms with Crippen molar-refractivity contribution in [3.05, 3.63) is 30.3 Å². The molecule has 0 spiro atoms. The number of unbranched alkanes of at least 4 members (excludes halogenated alkanes) is 3. The maximum Gasteiger partial charge on any atom is 0.230 e. The normalized spacial score (nSPS) is 10.2. The lowest BCUT2D eigenvalue weighted by atomic mass is 10.2. The summed E-state index contributed by atoms with van der Waals surface area (Å²) in [4.78, 5) is 12.7. The Balaban J connectivity index is 2.05. The number of carbonyl (C=O) groups is 1. The van der Waals surface area contributed by atoms with E-state index in [2.05, 4.69) is 12.2 Å². The first-order valence-corrected chi connectivity index (χ1v) is 7.26. The highest BCUT2D eigenvalue weighted by Crippen LogP contribution is 2.16. The Morgan fingerprint density at radius 1 is 1.18 bits per heavy atom. The Morgan fingerprint density at radius 3 is 2.65 bits per heavy atom. The SMILES string of the molecule is CCCCCCNC(=O)CSc1ccccc1. The Kier molecular flexibility index (Phi) is 7.56. The van der Waals surface area contributed by atoms with Gasteiger partial charge in [-0.3, -0.25) is 4.79 Å². The maximum atomic E-state index is 11.5. The van der Waals surface area contributed by atoms with Gasteiger partial charge in [-0.1, -0.05) is 44.4 Å². The van der Waals surface area contributed by atoms with Crippen LogP contribution in [0.2, 0.25) is 0 Å². The Morgan fingerprint density at radius 2 is 1.94 bits per heavy atom. The van der Waals surface area contributed by atoms with Crippen LogP contribution in [0.1, 0.15) is 32.6 Å². The third-order valence-corrected chi connectivity index (χ3v) is 3.48. The zero-order valence-electron chi connectivity index (χ0n) is 10.4. The van der Waals surface area contributed by atoms with Crippen LogP contribution in [0.15, 0.2) is 35.2 Å². The minimum atomic E-state index is 0.135. The van der Waals surface area contributed by atoms with Crippen molar-refractivity contribution in [3.8, 4) is 0 Å². The van der Waals surface area contributed by atoms with Gasteiger partial charge in [-0.05, 0) is 18.6 Å². The number of hydrogen-bond donors (Lipinski definition) is 1. The molecule has 1 amide bonds. The molecule has 17 heavy (non-hydrogen) atoms. The molecule has 0 bridgehead atoms. The fourth-order valence-corrected chi connectivity index (χ4v) is 2.25. The molecule has 0 unspecified atom stereocenters. The topological polar surface area (TPSA) is 29.1 Å². The van der Waals surface area contributed by atoms with Gasteiger partial charge in [0, 0.05) is 11.4 Å². The zero-order chi connectivity index (χ0) is 12.3. The van der Waals surface area contributed by atoms with Crippen molar-refractivity contribution in [1.29, 1.82) is 0 Å². The summed E-state index contributed by atoms with van der Waals surface area (Å²) < 4.78 is 0. The number of hydrogen-bond acceptors (Lipinski definition) is 2. The molecule has 1 aromatic carbocycles. The first-order valence-electron chi connectivity index (χ1n) is 6.27. The van der Waals surface area contributed by atoms with E-state index in [4.69, 9.17) is 0 Å². The number of amides is 1. The van der Waals surface area contributed by atoms with E-state index >= 15 is 0 Å². The molecule has 0 saturated heterocycles. The number of benzene rings is 1. The first-order chi connectivity index (χ1) is 8.33. The molecule has 3 heteroatoms.